The maximum absolute atomic E-state index is 13.5. The summed E-state index contributed by atoms with van der Waals surface area (Å²) in [5, 5.41) is 0. The smallest absolute Gasteiger partial charge is 0.301 e. The molecule has 0 aliphatic rings. The van der Waals surface area contributed by atoms with E-state index in [0.29, 0.717) is 36.5 Å². The van der Waals surface area contributed by atoms with Gasteiger partial charge in [0.2, 0.25) is 5.89 Å². The molecule has 0 unspecified atom stereocenters. The number of hydrogen-bond acceptors (Lipinski definition) is 5. The zero-order valence-corrected chi connectivity index (χ0v) is 14.0. The van der Waals surface area contributed by atoms with Crippen LogP contribution in [0.5, 0.6) is 5.75 Å². The highest BCUT2D eigenvalue weighted by Crippen LogP contribution is 2.34. The first-order valence-electron chi connectivity index (χ1n) is 7.96. The van der Waals surface area contributed by atoms with Gasteiger partial charge in [0.25, 0.3) is 0 Å². The van der Waals surface area contributed by atoms with Crippen LogP contribution in [0, 0.1) is 0 Å². The van der Waals surface area contributed by atoms with Gasteiger partial charge < -0.3 is 13.9 Å². The summed E-state index contributed by atoms with van der Waals surface area (Å²) in [5.41, 5.74) is 0.638. The van der Waals surface area contributed by atoms with Crippen LogP contribution < -0.4 is 4.74 Å². The fourth-order valence-electron chi connectivity index (χ4n) is 2.40. The molecule has 0 saturated carbocycles. The molecule has 0 bridgehead atoms. The minimum absolute atomic E-state index is 0.213. The molecule has 0 amide bonds. The van der Waals surface area contributed by atoms with Crippen LogP contribution in [0.1, 0.15) is 12.0 Å². The summed E-state index contributed by atoms with van der Waals surface area (Å²) in [5.74, 6) is -2.88. The van der Waals surface area contributed by atoms with Crippen molar-refractivity contribution in [2.24, 2.45) is 0 Å². The highest BCUT2D eigenvalue weighted by molar-refractivity contribution is 5.78. The van der Waals surface area contributed by atoms with E-state index in [9.17, 15) is 13.2 Å². The Kier molecular flexibility index (Phi) is 5.41. The van der Waals surface area contributed by atoms with Crippen molar-refractivity contribution >= 4 is 11.1 Å². The van der Waals surface area contributed by atoms with Crippen molar-refractivity contribution in [1.82, 2.24) is 9.97 Å². The summed E-state index contributed by atoms with van der Waals surface area (Å²) in [6.45, 7) is -0.795. The molecule has 3 rings (SSSR count). The Labute approximate surface area is 147 Å². The van der Waals surface area contributed by atoms with Gasteiger partial charge >= 0.3 is 5.92 Å². The third-order valence-corrected chi connectivity index (χ3v) is 3.74. The molecule has 0 aliphatic carbocycles. The summed E-state index contributed by atoms with van der Waals surface area (Å²) in [4.78, 5) is 8.26. The molecule has 8 heteroatoms. The van der Waals surface area contributed by atoms with E-state index in [1.54, 1.807) is 19.4 Å². The predicted molar refractivity (Wildman–Crippen MR) is 89.1 cm³/mol. The van der Waals surface area contributed by atoms with Crippen LogP contribution in [0.4, 0.5) is 13.2 Å². The third kappa shape index (κ3) is 3.80. The summed E-state index contributed by atoms with van der Waals surface area (Å²) in [6, 6.07) is 5.27. The Morgan fingerprint density at radius 2 is 2.04 bits per heavy atom. The summed E-state index contributed by atoms with van der Waals surface area (Å²) in [7, 11) is 1.61. The average molecular weight is 366 g/mol. The standard InChI is InChI=1S/C18H17F3N2O3/c1-24-7-2-8-25-16-10-22-6-5-13(16)17-23-14-9-12(18(20,21)11-19)3-4-15(14)26-17/h3-6,9-10H,2,7-8,11H2,1H3. The second-order valence-electron chi connectivity index (χ2n) is 5.61. The SMILES string of the molecule is COCCCOc1cnccc1-c1nc2cc(C(F)(F)CF)ccc2o1. The first kappa shape index (κ1) is 18.2. The first-order chi connectivity index (χ1) is 12.5. The van der Waals surface area contributed by atoms with E-state index in [-0.39, 0.29) is 11.4 Å². The molecule has 0 aliphatic heterocycles. The number of nitrogens with zero attached hydrogens (tertiary/aromatic N) is 2. The van der Waals surface area contributed by atoms with Crippen LogP contribution in [0.15, 0.2) is 41.1 Å². The molecule has 3 aromatic rings. The van der Waals surface area contributed by atoms with Gasteiger partial charge in [-0.15, -0.1) is 0 Å². The third-order valence-electron chi connectivity index (χ3n) is 3.74. The highest BCUT2D eigenvalue weighted by Gasteiger charge is 2.32. The monoisotopic (exact) mass is 366 g/mol. The van der Waals surface area contributed by atoms with Crippen LogP contribution in [-0.4, -0.2) is 37.0 Å². The van der Waals surface area contributed by atoms with Crippen LogP contribution >= 0.6 is 0 Å². The molecule has 138 valence electrons. The quantitative estimate of drug-likeness (QED) is 0.554. The minimum atomic E-state index is -3.56. The van der Waals surface area contributed by atoms with Crippen molar-refractivity contribution in [3.05, 3.63) is 42.2 Å². The van der Waals surface area contributed by atoms with E-state index in [1.807, 2.05) is 0 Å². The van der Waals surface area contributed by atoms with Crippen LogP contribution in [0.25, 0.3) is 22.6 Å². The van der Waals surface area contributed by atoms with Crippen LogP contribution in [0.2, 0.25) is 0 Å². The number of halogens is 3. The summed E-state index contributed by atoms with van der Waals surface area (Å²) >= 11 is 0. The van der Waals surface area contributed by atoms with Crippen molar-refractivity contribution in [2.75, 3.05) is 27.0 Å². The Morgan fingerprint density at radius 3 is 2.81 bits per heavy atom. The molecule has 26 heavy (non-hydrogen) atoms. The molecule has 0 radical (unpaired) electrons. The lowest BCUT2D eigenvalue weighted by Crippen LogP contribution is -2.15. The lowest BCUT2D eigenvalue weighted by Gasteiger charge is -2.11. The van der Waals surface area contributed by atoms with Gasteiger partial charge in [-0.05, 0) is 24.3 Å². The van der Waals surface area contributed by atoms with Gasteiger partial charge in [0.05, 0.1) is 18.4 Å². The first-order valence-corrected chi connectivity index (χ1v) is 7.96. The zero-order valence-electron chi connectivity index (χ0n) is 14.0. The van der Waals surface area contributed by atoms with E-state index in [2.05, 4.69) is 9.97 Å². The zero-order chi connectivity index (χ0) is 18.6. The summed E-state index contributed by atoms with van der Waals surface area (Å²) < 4.78 is 55.9. The molecule has 1 aromatic carbocycles. The van der Waals surface area contributed by atoms with Gasteiger partial charge in [-0.25, -0.2) is 9.37 Å². The van der Waals surface area contributed by atoms with Crippen molar-refractivity contribution in [3.63, 3.8) is 0 Å². The summed E-state index contributed by atoms with van der Waals surface area (Å²) in [6.07, 6.45) is 3.77. The van der Waals surface area contributed by atoms with Gasteiger partial charge in [-0.1, -0.05) is 0 Å². The number of oxazole rings is 1. The number of methoxy groups -OCH3 is 1. The van der Waals surface area contributed by atoms with Crippen molar-refractivity contribution in [1.29, 1.82) is 0 Å². The fourth-order valence-corrected chi connectivity index (χ4v) is 2.40. The Hall–Kier alpha value is -2.61. The normalized spacial score (nSPS) is 11.8. The fraction of sp³-hybridized carbons (Fsp3) is 0.333. The maximum atomic E-state index is 13.5. The van der Waals surface area contributed by atoms with Crippen molar-refractivity contribution < 1.29 is 27.1 Å². The van der Waals surface area contributed by atoms with E-state index in [4.69, 9.17) is 13.9 Å². The Morgan fingerprint density at radius 1 is 1.19 bits per heavy atom. The Balaban J connectivity index is 1.91. The Bertz CT molecular complexity index is 883. The van der Waals surface area contributed by atoms with Gasteiger partial charge in [-0.2, -0.15) is 8.78 Å². The maximum Gasteiger partial charge on any atom is 0.301 e. The van der Waals surface area contributed by atoms with E-state index < -0.39 is 18.2 Å². The van der Waals surface area contributed by atoms with Gasteiger partial charge in [0.15, 0.2) is 12.3 Å². The number of benzene rings is 1. The van der Waals surface area contributed by atoms with Gasteiger partial charge in [-0.3, -0.25) is 4.98 Å². The second-order valence-corrected chi connectivity index (χ2v) is 5.61. The number of rotatable bonds is 8. The number of pyridine rings is 1. The molecule has 0 atom stereocenters. The van der Waals surface area contributed by atoms with Crippen molar-refractivity contribution in [3.8, 4) is 17.2 Å². The van der Waals surface area contributed by atoms with Gasteiger partial charge in [0.1, 0.15) is 11.3 Å². The number of ether oxygens (including phenoxy) is 2. The topological polar surface area (TPSA) is 57.4 Å². The predicted octanol–water partition coefficient (Wildman–Crippen LogP) is 4.37. The number of fused-ring (bicyclic) bond motifs is 1. The highest BCUT2D eigenvalue weighted by atomic mass is 19.3. The number of alkyl halides is 3. The molecular formula is C18H17F3N2O3. The number of aromatic nitrogens is 2. The molecule has 0 saturated heterocycles. The van der Waals surface area contributed by atoms with Crippen LogP contribution in [0.3, 0.4) is 0 Å². The molecule has 0 fully saturated rings. The van der Waals surface area contributed by atoms with Gasteiger partial charge in [0, 0.05) is 31.9 Å². The average Bonchev–Trinajstić information content (AvgIpc) is 3.08. The molecule has 2 aromatic heterocycles. The minimum Gasteiger partial charge on any atom is -0.491 e. The van der Waals surface area contributed by atoms with Crippen molar-refractivity contribution in [2.45, 2.75) is 12.3 Å². The molecule has 5 nitrogen and oxygen atoms in total. The molecule has 0 spiro atoms. The molecule has 2 heterocycles. The lowest BCUT2D eigenvalue weighted by atomic mass is 10.1. The lowest BCUT2D eigenvalue weighted by molar-refractivity contribution is -0.0279. The largest absolute Gasteiger partial charge is 0.491 e. The van der Waals surface area contributed by atoms with E-state index >= 15 is 0 Å². The molecular weight excluding hydrogens is 349 g/mol. The second kappa shape index (κ2) is 7.74. The molecule has 0 N–H and O–H groups in total. The van der Waals surface area contributed by atoms with E-state index in [0.717, 1.165) is 12.1 Å². The number of hydrogen-bond donors (Lipinski definition) is 0. The van der Waals surface area contributed by atoms with Crippen LogP contribution in [-0.2, 0) is 10.7 Å². The van der Waals surface area contributed by atoms with E-state index in [1.165, 1.54) is 12.3 Å².